The molecular weight excluding hydrogens is 264 g/mol. The molecule has 1 N–H and O–H groups in total. The van der Waals surface area contributed by atoms with Crippen molar-refractivity contribution >= 4 is 11.6 Å². The lowest BCUT2D eigenvalue weighted by atomic mass is 9.96. The number of amides is 1. The lowest BCUT2D eigenvalue weighted by Crippen LogP contribution is -2.38. The molecule has 1 unspecified atom stereocenters. The van der Waals surface area contributed by atoms with E-state index in [1.165, 1.54) is 5.56 Å². The standard InChI is InChI=1S/C17H26N2O2/c1-13(2)21-11-7-6-10-18-15-12-17(20)19(3)16-9-5-4-8-14(15)16/h4-5,8-9,13,15,18H,6-7,10-12H2,1-3H3. The zero-order valence-electron chi connectivity index (χ0n) is 13.3. The van der Waals surface area contributed by atoms with Gasteiger partial charge < -0.3 is 15.0 Å². The van der Waals surface area contributed by atoms with Gasteiger partial charge in [-0.05, 0) is 44.9 Å². The first-order valence-corrected chi connectivity index (χ1v) is 7.80. The van der Waals surface area contributed by atoms with Gasteiger partial charge in [-0.25, -0.2) is 0 Å². The van der Waals surface area contributed by atoms with Crippen LogP contribution in [0.3, 0.4) is 0 Å². The Hall–Kier alpha value is -1.39. The molecule has 0 aliphatic carbocycles. The molecule has 0 bridgehead atoms. The minimum atomic E-state index is 0.135. The van der Waals surface area contributed by atoms with Crippen molar-refractivity contribution in [3.8, 4) is 0 Å². The summed E-state index contributed by atoms with van der Waals surface area (Å²) < 4.78 is 5.53. The summed E-state index contributed by atoms with van der Waals surface area (Å²) in [7, 11) is 1.85. The second-order valence-corrected chi connectivity index (χ2v) is 5.85. The Balaban J connectivity index is 1.84. The highest BCUT2D eigenvalue weighted by molar-refractivity contribution is 5.96. The van der Waals surface area contributed by atoms with Gasteiger partial charge in [0.25, 0.3) is 0 Å². The van der Waals surface area contributed by atoms with Gasteiger partial charge in [0, 0.05) is 31.8 Å². The summed E-state index contributed by atoms with van der Waals surface area (Å²) in [5.74, 6) is 0.175. The fourth-order valence-corrected chi connectivity index (χ4v) is 2.65. The zero-order chi connectivity index (χ0) is 15.2. The lowest BCUT2D eigenvalue weighted by Gasteiger charge is -2.32. The molecular formula is C17H26N2O2. The molecule has 1 heterocycles. The van der Waals surface area contributed by atoms with E-state index < -0.39 is 0 Å². The SMILES string of the molecule is CC(C)OCCCCNC1CC(=O)N(C)c2ccccc21. The third-order valence-electron chi connectivity index (χ3n) is 3.84. The molecule has 1 amide bonds. The summed E-state index contributed by atoms with van der Waals surface area (Å²) in [6, 6.07) is 8.27. The molecule has 4 heteroatoms. The number of hydrogen-bond acceptors (Lipinski definition) is 3. The van der Waals surface area contributed by atoms with Crippen LogP contribution in [0.15, 0.2) is 24.3 Å². The Morgan fingerprint density at radius 1 is 1.33 bits per heavy atom. The molecule has 0 spiro atoms. The Bertz CT molecular complexity index is 474. The summed E-state index contributed by atoms with van der Waals surface area (Å²) in [6.07, 6.45) is 2.95. The van der Waals surface area contributed by atoms with Gasteiger partial charge in [-0.15, -0.1) is 0 Å². The molecule has 0 radical (unpaired) electrons. The summed E-state index contributed by atoms with van der Waals surface area (Å²) in [5.41, 5.74) is 2.24. The van der Waals surface area contributed by atoms with Gasteiger partial charge in [-0.2, -0.15) is 0 Å². The van der Waals surface area contributed by atoms with Crippen LogP contribution in [0.5, 0.6) is 0 Å². The van der Waals surface area contributed by atoms with Crippen molar-refractivity contribution in [1.29, 1.82) is 0 Å². The summed E-state index contributed by atoms with van der Waals surface area (Å²) >= 11 is 0. The minimum absolute atomic E-state index is 0.135. The maximum absolute atomic E-state index is 12.0. The number of para-hydroxylation sites is 1. The van der Waals surface area contributed by atoms with Crippen molar-refractivity contribution in [2.24, 2.45) is 0 Å². The number of rotatable bonds is 7. The van der Waals surface area contributed by atoms with Crippen molar-refractivity contribution in [2.45, 2.75) is 45.3 Å². The largest absolute Gasteiger partial charge is 0.379 e. The second-order valence-electron chi connectivity index (χ2n) is 5.85. The fourth-order valence-electron chi connectivity index (χ4n) is 2.65. The number of anilines is 1. The third kappa shape index (κ3) is 4.29. The van der Waals surface area contributed by atoms with Crippen LogP contribution >= 0.6 is 0 Å². The Kier molecular flexibility index (Phi) is 5.76. The van der Waals surface area contributed by atoms with E-state index in [0.717, 1.165) is 31.7 Å². The topological polar surface area (TPSA) is 41.6 Å². The number of hydrogen-bond donors (Lipinski definition) is 1. The molecule has 1 atom stereocenters. The molecule has 21 heavy (non-hydrogen) atoms. The van der Waals surface area contributed by atoms with Crippen LogP contribution in [0.4, 0.5) is 5.69 Å². The van der Waals surface area contributed by atoms with Crippen LogP contribution in [-0.2, 0) is 9.53 Å². The van der Waals surface area contributed by atoms with Gasteiger partial charge in [0.05, 0.1) is 6.10 Å². The van der Waals surface area contributed by atoms with E-state index in [2.05, 4.69) is 25.2 Å². The summed E-state index contributed by atoms with van der Waals surface area (Å²) in [4.78, 5) is 13.8. The van der Waals surface area contributed by atoms with E-state index in [-0.39, 0.29) is 11.9 Å². The van der Waals surface area contributed by atoms with Crippen molar-refractivity contribution < 1.29 is 9.53 Å². The van der Waals surface area contributed by atoms with E-state index >= 15 is 0 Å². The predicted molar refractivity (Wildman–Crippen MR) is 85.5 cm³/mol. The molecule has 0 aromatic heterocycles. The number of nitrogens with one attached hydrogen (secondary N) is 1. The molecule has 2 rings (SSSR count). The minimum Gasteiger partial charge on any atom is -0.379 e. The lowest BCUT2D eigenvalue weighted by molar-refractivity contribution is -0.119. The van der Waals surface area contributed by atoms with Gasteiger partial charge in [0.15, 0.2) is 0 Å². The van der Waals surface area contributed by atoms with Crippen molar-refractivity contribution in [3.63, 3.8) is 0 Å². The monoisotopic (exact) mass is 290 g/mol. The van der Waals surface area contributed by atoms with Gasteiger partial charge in [0.2, 0.25) is 5.91 Å². The van der Waals surface area contributed by atoms with Crippen LogP contribution in [0, 0.1) is 0 Å². The molecule has 1 aliphatic rings. The number of carbonyl (C=O) groups excluding carboxylic acids is 1. The van der Waals surface area contributed by atoms with E-state index in [1.807, 2.05) is 25.2 Å². The quantitative estimate of drug-likeness (QED) is 0.785. The maximum atomic E-state index is 12.0. The van der Waals surface area contributed by atoms with E-state index in [9.17, 15) is 4.79 Å². The molecule has 0 saturated carbocycles. The first-order chi connectivity index (χ1) is 10.1. The van der Waals surface area contributed by atoms with Crippen LogP contribution < -0.4 is 10.2 Å². The molecule has 1 aliphatic heterocycles. The normalized spacial score (nSPS) is 18.2. The number of benzene rings is 1. The molecule has 1 aromatic carbocycles. The first-order valence-electron chi connectivity index (χ1n) is 7.80. The van der Waals surface area contributed by atoms with Crippen LogP contribution in [0.25, 0.3) is 0 Å². The first kappa shape index (κ1) is 16.0. The molecule has 0 fully saturated rings. The molecule has 116 valence electrons. The average Bonchev–Trinajstić information content (AvgIpc) is 2.47. The molecule has 0 saturated heterocycles. The van der Waals surface area contributed by atoms with Gasteiger partial charge >= 0.3 is 0 Å². The summed E-state index contributed by atoms with van der Waals surface area (Å²) in [6.45, 7) is 5.83. The number of carbonyl (C=O) groups is 1. The predicted octanol–water partition coefficient (Wildman–Crippen LogP) is 2.89. The van der Waals surface area contributed by atoms with Crippen LogP contribution in [-0.4, -0.2) is 32.2 Å². The smallest absolute Gasteiger partial charge is 0.228 e. The zero-order valence-corrected chi connectivity index (χ0v) is 13.3. The van der Waals surface area contributed by atoms with Crippen LogP contribution in [0.2, 0.25) is 0 Å². The van der Waals surface area contributed by atoms with Crippen molar-refractivity contribution in [2.75, 3.05) is 25.1 Å². The van der Waals surface area contributed by atoms with Gasteiger partial charge in [-0.3, -0.25) is 4.79 Å². The molecule has 4 nitrogen and oxygen atoms in total. The maximum Gasteiger partial charge on any atom is 0.228 e. The highest BCUT2D eigenvalue weighted by Crippen LogP contribution is 2.33. The van der Waals surface area contributed by atoms with Gasteiger partial charge in [-0.1, -0.05) is 18.2 Å². The van der Waals surface area contributed by atoms with Crippen LogP contribution in [0.1, 0.15) is 44.7 Å². The molecule has 1 aromatic rings. The van der Waals surface area contributed by atoms with E-state index in [1.54, 1.807) is 4.90 Å². The second kappa shape index (κ2) is 7.57. The van der Waals surface area contributed by atoms with E-state index in [0.29, 0.717) is 12.5 Å². The Labute approximate surface area is 127 Å². The highest BCUT2D eigenvalue weighted by Gasteiger charge is 2.28. The summed E-state index contributed by atoms with van der Waals surface area (Å²) in [5, 5.41) is 3.51. The highest BCUT2D eigenvalue weighted by atomic mass is 16.5. The number of fused-ring (bicyclic) bond motifs is 1. The Morgan fingerprint density at radius 2 is 2.10 bits per heavy atom. The van der Waals surface area contributed by atoms with Crippen molar-refractivity contribution in [1.82, 2.24) is 5.32 Å². The average molecular weight is 290 g/mol. The number of ether oxygens (including phenoxy) is 1. The van der Waals surface area contributed by atoms with E-state index in [4.69, 9.17) is 4.74 Å². The van der Waals surface area contributed by atoms with Crippen molar-refractivity contribution in [3.05, 3.63) is 29.8 Å². The third-order valence-corrected chi connectivity index (χ3v) is 3.84. The number of unbranched alkanes of at least 4 members (excludes halogenated alkanes) is 1. The fraction of sp³-hybridized carbons (Fsp3) is 0.588. The Morgan fingerprint density at radius 3 is 2.86 bits per heavy atom. The number of nitrogens with zero attached hydrogens (tertiary/aromatic N) is 1. The van der Waals surface area contributed by atoms with Gasteiger partial charge in [0.1, 0.15) is 0 Å².